The summed E-state index contributed by atoms with van der Waals surface area (Å²) in [6.07, 6.45) is 1.10. The highest BCUT2D eigenvalue weighted by Crippen LogP contribution is 2.28. The van der Waals surface area contributed by atoms with Crippen molar-refractivity contribution >= 4 is 21.6 Å². The lowest BCUT2D eigenvalue weighted by molar-refractivity contribution is -0.385. The summed E-state index contributed by atoms with van der Waals surface area (Å²) in [4.78, 5) is 10.4. The highest BCUT2D eigenvalue weighted by Gasteiger charge is 2.14. The maximum atomic E-state index is 10.7. The third-order valence-corrected chi connectivity index (χ3v) is 3.38. The van der Waals surface area contributed by atoms with E-state index in [4.69, 9.17) is 0 Å². The third kappa shape index (κ3) is 4.44. The van der Waals surface area contributed by atoms with Crippen LogP contribution in [0.4, 0.5) is 5.69 Å². The van der Waals surface area contributed by atoms with Crippen molar-refractivity contribution < 1.29 is 4.92 Å². The van der Waals surface area contributed by atoms with Crippen molar-refractivity contribution in [3.8, 4) is 0 Å². The number of benzene rings is 1. The predicted molar refractivity (Wildman–Crippen MR) is 72.0 cm³/mol. The van der Waals surface area contributed by atoms with Crippen LogP contribution in [0.2, 0.25) is 0 Å². The molecule has 1 aromatic carbocycles. The molecule has 0 saturated carbocycles. The van der Waals surface area contributed by atoms with Gasteiger partial charge in [-0.15, -0.1) is 0 Å². The van der Waals surface area contributed by atoms with Gasteiger partial charge in [-0.1, -0.05) is 26.0 Å². The van der Waals surface area contributed by atoms with Crippen molar-refractivity contribution in [2.45, 2.75) is 26.8 Å². The fraction of sp³-hybridized carbons (Fsp3) is 0.500. The predicted octanol–water partition coefficient (Wildman–Crippen LogP) is 3.49. The van der Waals surface area contributed by atoms with Crippen LogP contribution in [0.3, 0.4) is 0 Å². The van der Waals surface area contributed by atoms with Gasteiger partial charge in [0.2, 0.25) is 0 Å². The molecule has 0 unspecified atom stereocenters. The quantitative estimate of drug-likeness (QED) is 0.497. The largest absolute Gasteiger partial charge is 0.313 e. The minimum absolute atomic E-state index is 0.119. The third-order valence-electron chi connectivity index (χ3n) is 2.47. The molecule has 0 fully saturated rings. The molecule has 0 spiro atoms. The van der Waals surface area contributed by atoms with E-state index in [1.807, 2.05) is 6.07 Å². The van der Waals surface area contributed by atoms with Gasteiger partial charge in [-0.25, -0.2) is 0 Å². The van der Waals surface area contributed by atoms with E-state index in [-0.39, 0.29) is 10.6 Å². The van der Waals surface area contributed by atoms with Crippen molar-refractivity contribution in [1.29, 1.82) is 0 Å². The van der Waals surface area contributed by atoms with E-state index in [1.165, 1.54) is 6.07 Å². The lowest BCUT2D eigenvalue weighted by Crippen LogP contribution is -2.16. The molecule has 94 valence electrons. The molecule has 0 aromatic heterocycles. The fourth-order valence-corrected chi connectivity index (χ4v) is 2.01. The van der Waals surface area contributed by atoms with Crippen LogP contribution in [-0.2, 0) is 6.54 Å². The molecule has 0 aliphatic carbocycles. The average Bonchev–Trinajstić information content (AvgIpc) is 2.25. The Hall–Kier alpha value is -0.940. The molecule has 1 rings (SSSR count). The number of nitro benzene ring substituents is 1. The Bertz CT molecular complexity index is 394. The van der Waals surface area contributed by atoms with Gasteiger partial charge in [0, 0.05) is 12.6 Å². The first-order valence-corrected chi connectivity index (χ1v) is 6.44. The summed E-state index contributed by atoms with van der Waals surface area (Å²) in [5, 5.41) is 14.0. The molecule has 4 nitrogen and oxygen atoms in total. The summed E-state index contributed by atoms with van der Waals surface area (Å²) >= 11 is 3.28. The monoisotopic (exact) mass is 300 g/mol. The second-order valence-corrected chi connectivity index (χ2v) is 5.16. The van der Waals surface area contributed by atoms with Gasteiger partial charge in [0.05, 0.1) is 9.40 Å². The van der Waals surface area contributed by atoms with Crippen molar-refractivity contribution in [2.24, 2.45) is 5.92 Å². The van der Waals surface area contributed by atoms with Crippen molar-refractivity contribution in [3.05, 3.63) is 38.3 Å². The zero-order valence-corrected chi connectivity index (χ0v) is 11.7. The summed E-state index contributed by atoms with van der Waals surface area (Å²) in [6.45, 7) is 5.91. The maximum Gasteiger partial charge on any atom is 0.283 e. The summed E-state index contributed by atoms with van der Waals surface area (Å²) in [7, 11) is 0. The zero-order valence-electron chi connectivity index (χ0n) is 10.1. The highest BCUT2D eigenvalue weighted by molar-refractivity contribution is 9.10. The van der Waals surface area contributed by atoms with Gasteiger partial charge in [0.1, 0.15) is 0 Å². The summed E-state index contributed by atoms with van der Waals surface area (Å²) < 4.78 is 0.571. The molecule has 17 heavy (non-hydrogen) atoms. The van der Waals surface area contributed by atoms with Gasteiger partial charge < -0.3 is 5.32 Å². The Morgan fingerprint density at radius 3 is 2.76 bits per heavy atom. The molecule has 0 atom stereocenters. The van der Waals surface area contributed by atoms with Crippen LogP contribution < -0.4 is 5.32 Å². The van der Waals surface area contributed by atoms with Gasteiger partial charge in [0.15, 0.2) is 0 Å². The number of rotatable bonds is 6. The van der Waals surface area contributed by atoms with Crippen LogP contribution in [0.5, 0.6) is 0 Å². The minimum atomic E-state index is -0.373. The SMILES string of the molecule is CC(C)CCNCc1cccc([N+](=O)[O-])c1Br. The number of hydrogen-bond acceptors (Lipinski definition) is 3. The van der Waals surface area contributed by atoms with Crippen molar-refractivity contribution in [3.63, 3.8) is 0 Å². The van der Waals surface area contributed by atoms with Gasteiger partial charge in [-0.2, -0.15) is 0 Å². The fourth-order valence-electron chi connectivity index (χ4n) is 1.46. The molecule has 5 heteroatoms. The Balaban J connectivity index is 2.59. The van der Waals surface area contributed by atoms with Crippen molar-refractivity contribution in [2.75, 3.05) is 6.54 Å². The molecule has 0 heterocycles. The topological polar surface area (TPSA) is 55.2 Å². The van der Waals surface area contributed by atoms with Gasteiger partial charge in [-0.05, 0) is 40.4 Å². The Kier molecular flexibility index (Phi) is 5.58. The molecule has 0 amide bonds. The van der Waals surface area contributed by atoms with Crippen molar-refractivity contribution in [1.82, 2.24) is 5.32 Å². The number of nitrogens with zero attached hydrogens (tertiary/aromatic N) is 1. The van der Waals surface area contributed by atoms with E-state index < -0.39 is 0 Å². The standard InChI is InChI=1S/C12H17BrN2O2/c1-9(2)6-7-14-8-10-4-3-5-11(12(10)13)15(16)17/h3-5,9,14H,6-8H2,1-2H3. The van der Waals surface area contributed by atoms with E-state index in [9.17, 15) is 10.1 Å². The van der Waals surface area contributed by atoms with Crippen LogP contribution in [0.15, 0.2) is 22.7 Å². The van der Waals surface area contributed by atoms with Crippen LogP contribution in [0.1, 0.15) is 25.8 Å². The molecule has 0 saturated heterocycles. The molecule has 1 N–H and O–H groups in total. The molecular formula is C12H17BrN2O2. The highest BCUT2D eigenvalue weighted by atomic mass is 79.9. The molecular weight excluding hydrogens is 284 g/mol. The van der Waals surface area contributed by atoms with E-state index in [1.54, 1.807) is 6.07 Å². The first kappa shape index (κ1) is 14.1. The Labute approximate surface area is 110 Å². The van der Waals surface area contributed by atoms with E-state index in [2.05, 4.69) is 35.1 Å². The molecule has 0 aliphatic rings. The van der Waals surface area contributed by atoms with E-state index in [0.717, 1.165) is 18.5 Å². The number of halogens is 1. The van der Waals surface area contributed by atoms with Crippen LogP contribution in [0, 0.1) is 16.0 Å². The van der Waals surface area contributed by atoms with Crippen LogP contribution in [0.25, 0.3) is 0 Å². The van der Waals surface area contributed by atoms with Gasteiger partial charge in [-0.3, -0.25) is 10.1 Å². The Morgan fingerprint density at radius 2 is 2.18 bits per heavy atom. The molecule has 0 radical (unpaired) electrons. The Morgan fingerprint density at radius 1 is 1.47 bits per heavy atom. The number of nitrogens with one attached hydrogen (secondary N) is 1. The lowest BCUT2D eigenvalue weighted by Gasteiger charge is -2.08. The van der Waals surface area contributed by atoms with E-state index >= 15 is 0 Å². The first-order chi connectivity index (χ1) is 8.02. The molecule has 0 bridgehead atoms. The number of nitro groups is 1. The second-order valence-electron chi connectivity index (χ2n) is 4.37. The molecule has 1 aromatic rings. The lowest BCUT2D eigenvalue weighted by atomic mass is 10.1. The minimum Gasteiger partial charge on any atom is -0.313 e. The number of hydrogen-bond donors (Lipinski definition) is 1. The average molecular weight is 301 g/mol. The van der Waals surface area contributed by atoms with Gasteiger partial charge in [0.25, 0.3) is 5.69 Å². The van der Waals surface area contributed by atoms with Crippen LogP contribution in [-0.4, -0.2) is 11.5 Å². The van der Waals surface area contributed by atoms with Gasteiger partial charge >= 0.3 is 0 Å². The normalized spacial score (nSPS) is 10.8. The molecule has 0 aliphatic heterocycles. The second kappa shape index (κ2) is 6.71. The summed E-state index contributed by atoms with van der Waals surface area (Å²) in [5.74, 6) is 0.663. The zero-order chi connectivity index (χ0) is 12.8. The van der Waals surface area contributed by atoms with Crippen LogP contribution >= 0.6 is 15.9 Å². The van der Waals surface area contributed by atoms with E-state index in [0.29, 0.717) is 16.9 Å². The summed E-state index contributed by atoms with van der Waals surface area (Å²) in [6, 6.07) is 5.10. The first-order valence-electron chi connectivity index (χ1n) is 5.65. The maximum absolute atomic E-state index is 10.7. The summed E-state index contributed by atoms with van der Waals surface area (Å²) in [5.41, 5.74) is 1.04. The smallest absolute Gasteiger partial charge is 0.283 e.